The van der Waals surface area contributed by atoms with Crippen LogP contribution in [0.2, 0.25) is 0 Å². The second-order valence-electron chi connectivity index (χ2n) is 30.7. The zero-order valence-corrected chi connectivity index (χ0v) is 43.2. The Morgan fingerprint density at radius 2 is 0.329 bits per heavy atom. The smallest absolute Gasteiger partial charge is 0.0653 e. The van der Waals surface area contributed by atoms with E-state index < -0.39 is 10.8 Å². The summed E-state index contributed by atoms with van der Waals surface area (Å²) < 4.78 is 0. The SMILES string of the molecule is c1ccc([C@H]2N[C@@H](c3ccccn3)C34c5c6c7c8c9c%10c(c%11c%12c3c3c5c5c%13c6c6c7c7c9c9c%14c%10c%10c%11c%11c%12c%12c3c3c5c5c%13c%13c6c6c7c7c9c9c%14c%14c%10c%10c%11c%11c%12c3c3c5c5c%13c%12c6c7c6c9c7c%14c%10c9c%11c3c3c5c%12c6c7c93)C824)nc1. The Kier molecular flexibility index (Phi) is 2.76. The maximum absolute atomic E-state index is 5.70. The maximum atomic E-state index is 5.70. The Labute approximate surface area is 462 Å². The number of rotatable bonds is 2. The summed E-state index contributed by atoms with van der Waals surface area (Å²) in [4.78, 5) is 11.4. The second kappa shape index (κ2) is 7.38. The van der Waals surface area contributed by atoms with Gasteiger partial charge >= 0.3 is 0 Å². The Bertz CT molecular complexity index is 8950. The van der Waals surface area contributed by atoms with Gasteiger partial charge in [-0.2, -0.15) is 0 Å². The van der Waals surface area contributed by atoms with Crippen LogP contribution in [0.5, 0.6) is 0 Å². The third-order valence-electron chi connectivity index (χ3n) is 30.4. The van der Waals surface area contributed by atoms with Crippen LogP contribution in [0.15, 0.2) is 48.8 Å². The summed E-state index contributed by atoms with van der Waals surface area (Å²) >= 11 is 0. The molecule has 4 aliphatic carbocycles. The number of hydrogen-bond donors (Lipinski definition) is 1. The minimum atomic E-state index is -0.570. The molecule has 0 radical (unpaired) electrons. The van der Waals surface area contributed by atoms with Gasteiger partial charge in [0, 0.05) is 12.4 Å². The molecule has 5 aliphatic rings. The third-order valence-corrected chi connectivity index (χ3v) is 30.4. The lowest BCUT2D eigenvalue weighted by atomic mass is 9.46. The molecule has 3 heterocycles. The zero-order valence-electron chi connectivity index (χ0n) is 43.2. The first-order valence-corrected chi connectivity index (χ1v) is 31.5. The van der Waals surface area contributed by atoms with Gasteiger partial charge in [0.05, 0.1) is 34.3 Å². The van der Waals surface area contributed by atoms with E-state index in [1.807, 2.05) is 0 Å². The molecule has 85 heavy (non-hydrogen) atoms. The molecule has 0 amide bonds. The fourth-order valence-corrected chi connectivity index (χ4v) is 30.3. The molecule has 354 valence electrons. The van der Waals surface area contributed by atoms with Crippen molar-refractivity contribution in [2.75, 3.05) is 0 Å². The molecule has 0 unspecified atom stereocenters. The van der Waals surface area contributed by atoms with Crippen LogP contribution in [-0.4, -0.2) is 9.97 Å². The van der Waals surface area contributed by atoms with Crippen LogP contribution in [0.1, 0.15) is 45.7 Å². The van der Waals surface area contributed by atoms with Gasteiger partial charge in [0.2, 0.25) is 0 Å². The summed E-state index contributed by atoms with van der Waals surface area (Å²) in [5.41, 5.74) is 7.88. The molecule has 35 aromatic rings. The van der Waals surface area contributed by atoms with E-state index in [0.29, 0.717) is 0 Å². The first-order chi connectivity index (χ1) is 42.4. The van der Waals surface area contributed by atoms with Crippen molar-refractivity contribution in [1.29, 1.82) is 0 Å². The monoisotopic (exact) mass is 1040 g/mol. The molecule has 1 saturated heterocycles. The molecule has 3 heteroatoms. The van der Waals surface area contributed by atoms with Gasteiger partial charge in [-0.05, 0) is 391 Å². The Balaban J connectivity index is 1.08. The molecule has 0 saturated carbocycles. The molecule has 2 aromatic heterocycles. The van der Waals surface area contributed by atoms with Crippen molar-refractivity contribution in [2.24, 2.45) is 0 Å². The van der Waals surface area contributed by atoms with Gasteiger partial charge in [-0.3, -0.25) is 15.3 Å². The van der Waals surface area contributed by atoms with Gasteiger partial charge < -0.3 is 0 Å². The van der Waals surface area contributed by atoms with Gasteiger partial charge in [-0.1, -0.05) is 12.1 Å². The van der Waals surface area contributed by atoms with Crippen molar-refractivity contribution >= 4 is 345 Å². The summed E-state index contributed by atoms with van der Waals surface area (Å²) in [6, 6.07) is 13.5. The van der Waals surface area contributed by atoms with Crippen molar-refractivity contribution in [3.63, 3.8) is 0 Å². The number of benzene rings is 23. The molecular formula is C82H11N3. The Morgan fingerprint density at radius 3 is 0.459 bits per heavy atom. The molecule has 3 nitrogen and oxygen atoms in total. The standard InChI is InChI=1S/C82H11N3/c1-3-7-83-9(5-1)79-81-75-67-59-49-39-32-23-17-11-12-14-16-15-13(11)19-26-21(15)30-31-22(16)27-20(14)29-25(18(12)23)34-40(32)50(49)60-54-44(34)36(29)46-38(27)48-42(31)52-51-41(30)47-37(26)45-35-28(19)24(17)33(39)43(35)53(59)63-57(45)65-55(47)61(51)69-70-62(52)56(48)66-58(46)64(54)72(76(81)68(60)67)74(66)78(70)82(81,77(69)73(65)71(63)75)80(85-79)10-6-2-4-8-84-10/h1-8,79-80,85H/t79-,80+,81?,82?/m1/s1. The van der Waals surface area contributed by atoms with Crippen LogP contribution < -0.4 is 5.32 Å². The fourth-order valence-electron chi connectivity index (χ4n) is 30.3. The van der Waals surface area contributed by atoms with E-state index >= 15 is 0 Å². The zero-order chi connectivity index (χ0) is 50.3. The fraction of sp³-hybridized carbons (Fsp3) is 0.0488. The van der Waals surface area contributed by atoms with Crippen molar-refractivity contribution in [3.05, 3.63) is 82.4 Å². The lowest BCUT2D eigenvalue weighted by Gasteiger charge is -2.53. The minimum absolute atomic E-state index is 0.140. The Hall–Kier alpha value is -10.6. The van der Waals surface area contributed by atoms with E-state index in [1.165, 1.54) is 11.4 Å². The minimum Gasteiger partial charge on any atom is -0.298 e. The number of nitrogens with one attached hydrogen (secondary N) is 1. The maximum Gasteiger partial charge on any atom is 0.0653 e. The highest BCUT2D eigenvalue weighted by molar-refractivity contribution is 6.84. The summed E-state index contributed by atoms with van der Waals surface area (Å²) in [5, 5.41) is 109. The summed E-state index contributed by atoms with van der Waals surface area (Å²) in [5.74, 6) is 0. The molecule has 2 atom stereocenters. The highest BCUT2D eigenvalue weighted by Crippen LogP contribution is 2.88. The predicted molar refractivity (Wildman–Crippen MR) is 354 cm³/mol. The first kappa shape index (κ1) is 31.7. The highest BCUT2D eigenvalue weighted by atomic mass is 15.1. The van der Waals surface area contributed by atoms with Crippen LogP contribution in [0.4, 0.5) is 0 Å². The van der Waals surface area contributed by atoms with E-state index in [0.717, 1.165) is 0 Å². The number of hydrogen-bond acceptors (Lipinski definition) is 3. The molecule has 33 aromatic carbocycles. The molecule has 1 fully saturated rings. The van der Waals surface area contributed by atoms with E-state index in [2.05, 4.69) is 48.8 Å². The summed E-state index contributed by atoms with van der Waals surface area (Å²) in [6.45, 7) is 0. The van der Waals surface area contributed by atoms with Crippen LogP contribution in [0.25, 0.3) is 345 Å². The third kappa shape index (κ3) is 1.75. The van der Waals surface area contributed by atoms with Gasteiger partial charge in [-0.25, -0.2) is 0 Å². The first-order valence-electron chi connectivity index (χ1n) is 31.5. The van der Waals surface area contributed by atoms with E-state index in [-0.39, 0.29) is 12.1 Å². The van der Waals surface area contributed by atoms with Crippen LogP contribution in [0, 0.1) is 0 Å². The molecular weight excluding hydrogens is 1030 g/mol. The highest BCUT2D eigenvalue weighted by Gasteiger charge is 2.78. The van der Waals surface area contributed by atoms with Crippen molar-refractivity contribution in [2.45, 2.75) is 22.9 Å². The normalized spacial score (nSPS) is 23.1. The van der Waals surface area contributed by atoms with E-state index in [1.54, 1.807) is 367 Å². The molecule has 0 bridgehead atoms. The molecule has 1 N–H and O–H groups in total. The quantitative estimate of drug-likeness (QED) is 0.138. The predicted octanol–water partition coefficient (Wildman–Crippen LogP) is 21.1. The number of aromatic nitrogens is 2. The summed E-state index contributed by atoms with van der Waals surface area (Å²) in [6.07, 6.45) is 4.23. The lowest BCUT2D eigenvalue weighted by Crippen LogP contribution is -2.52. The van der Waals surface area contributed by atoms with Gasteiger partial charge in [0.25, 0.3) is 0 Å². The van der Waals surface area contributed by atoms with E-state index in [4.69, 9.17) is 15.3 Å². The molecule has 2 spiro atoms. The number of pyridine rings is 2. The second-order valence-corrected chi connectivity index (χ2v) is 30.7. The van der Waals surface area contributed by atoms with Gasteiger partial charge in [-0.15, -0.1) is 0 Å². The topological polar surface area (TPSA) is 37.8 Å². The van der Waals surface area contributed by atoms with Crippen LogP contribution >= 0.6 is 0 Å². The average molecular weight is 1040 g/mol. The van der Waals surface area contributed by atoms with Crippen molar-refractivity contribution in [1.82, 2.24) is 15.3 Å². The van der Waals surface area contributed by atoms with Crippen molar-refractivity contribution < 1.29 is 0 Å². The summed E-state index contributed by atoms with van der Waals surface area (Å²) in [7, 11) is 0. The van der Waals surface area contributed by atoms with Crippen LogP contribution in [-0.2, 0) is 10.8 Å². The van der Waals surface area contributed by atoms with Gasteiger partial charge in [0.1, 0.15) is 0 Å². The largest absolute Gasteiger partial charge is 0.298 e. The molecule has 1 aliphatic heterocycles. The molecule has 40 rings (SSSR count). The van der Waals surface area contributed by atoms with Crippen LogP contribution in [0.3, 0.4) is 0 Å². The average Bonchev–Trinajstić information content (AvgIpc) is 1.39. The van der Waals surface area contributed by atoms with Crippen molar-refractivity contribution in [3.8, 4) is 0 Å². The number of nitrogens with zero attached hydrogens (tertiary/aromatic N) is 2. The lowest BCUT2D eigenvalue weighted by molar-refractivity contribution is 0.329. The van der Waals surface area contributed by atoms with Gasteiger partial charge in [0.15, 0.2) is 0 Å². The Morgan fingerprint density at radius 1 is 0.188 bits per heavy atom. The van der Waals surface area contributed by atoms with E-state index in [9.17, 15) is 0 Å².